The molecule has 0 amide bonds. The summed E-state index contributed by atoms with van der Waals surface area (Å²) in [5.74, 6) is 0. The topological polar surface area (TPSA) is 24.9 Å². The first-order valence-corrected chi connectivity index (χ1v) is 4.94. The van der Waals surface area contributed by atoms with Gasteiger partial charge in [0.15, 0.2) is 0 Å². The first-order valence-electron chi connectivity index (χ1n) is 4.56. The molecule has 1 rings (SSSR count). The zero-order valence-electron chi connectivity index (χ0n) is 8.55. The van der Waals surface area contributed by atoms with E-state index in [1.165, 1.54) is 0 Å². The molecule has 0 saturated heterocycles. The predicted molar refractivity (Wildman–Crippen MR) is 60.5 cm³/mol. The molecule has 14 heavy (non-hydrogen) atoms. The molecule has 1 aromatic heterocycles. The second kappa shape index (κ2) is 5.13. The lowest BCUT2D eigenvalue weighted by Gasteiger charge is -2.17. The van der Waals surface area contributed by atoms with E-state index in [2.05, 4.69) is 16.9 Å². The van der Waals surface area contributed by atoms with Crippen LogP contribution in [0.25, 0.3) is 0 Å². The number of hydrogen-bond donors (Lipinski definition) is 1. The lowest BCUT2D eigenvalue weighted by Crippen LogP contribution is -2.17. The molecule has 3 heteroatoms. The van der Waals surface area contributed by atoms with Crippen molar-refractivity contribution < 1.29 is 0 Å². The van der Waals surface area contributed by atoms with Crippen LogP contribution in [0.3, 0.4) is 0 Å². The smallest absolute Gasteiger partial charge is 0.0637 e. The summed E-state index contributed by atoms with van der Waals surface area (Å²) in [6.07, 6.45) is 4.31. The molecular formula is C11H15ClN2. The molecule has 76 valence electrons. The Morgan fingerprint density at radius 1 is 1.71 bits per heavy atom. The van der Waals surface area contributed by atoms with Gasteiger partial charge in [0.2, 0.25) is 0 Å². The molecule has 1 unspecified atom stereocenters. The molecule has 0 aliphatic carbocycles. The van der Waals surface area contributed by atoms with E-state index < -0.39 is 0 Å². The molecule has 1 aromatic rings. The largest absolute Gasteiger partial charge is 0.313 e. The maximum Gasteiger partial charge on any atom is 0.0637 e. The number of aromatic nitrogens is 1. The third kappa shape index (κ3) is 2.82. The van der Waals surface area contributed by atoms with Crippen LogP contribution in [0.5, 0.6) is 0 Å². The van der Waals surface area contributed by atoms with Crippen LogP contribution in [0.2, 0.25) is 5.02 Å². The summed E-state index contributed by atoms with van der Waals surface area (Å²) in [7, 11) is 1.92. The zero-order valence-corrected chi connectivity index (χ0v) is 9.30. The number of nitrogens with zero attached hydrogens (tertiary/aromatic N) is 1. The van der Waals surface area contributed by atoms with Crippen molar-refractivity contribution in [2.45, 2.75) is 19.4 Å². The molecule has 0 bridgehead atoms. The van der Waals surface area contributed by atoms with E-state index in [1.54, 1.807) is 12.4 Å². The Labute approximate surface area is 90.0 Å². The van der Waals surface area contributed by atoms with Gasteiger partial charge in [-0.1, -0.05) is 17.2 Å². The first-order chi connectivity index (χ1) is 6.65. The minimum atomic E-state index is 0.225. The van der Waals surface area contributed by atoms with Crippen LogP contribution in [-0.2, 0) is 0 Å². The van der Waals surface area contributed by atoms with Crippen molar-refractivity contribution in [3.8, 4) is 0 Å². The Morgan fingerprint density at radius 3 is 2.93 bits per heavy atom. The van der Waals surface area contributed by atoms with E-state index in [0.29, 0.717) is 5.02 Å². The van der Waals surface area contributed by atoms with Crippen LogP contribution in [0.4, 0.5) is 0 Å². The third-order valence-electron chi connectivity index (χ3n) is 2.08. The van der Waals surface area contributed by atoms with E-state index in [1.807, 2.05) is 20.0 Å². The van der Waals surface area contributed by atoms with Gasteiger partial charge in [-0.05, 0) is 32.0 Å². The van der Waals surface area contributed by atoms with Crippen molar-refractivity contribution in [3.05, 3.63) is 41.2 Å². The highest BCUT2D eigenvalue weighted by Crippen LogP contribution is 2.25. The van der Waals surface area contributed by atoms with E-state index >= 15 is 0 Å². The highest BCUT2D eigenvalue weighted by Gasteiger charge is 2.12. The summed E-state index contributed by atoms with van der Waals surface area (Å²) < 4.78 is 0. The average Bonchev–Trinajstić information content (AvgIpc) is 2.15. The number of pyridine rings is 1. The molecule has 0 radical (unpaired) electrons. The van der Waals surface area contributed by atoms with Crippen molar-refractivity contribution in [1.29, 1.82) is 0 Å². The van der Waals surface area contributed by atoms with Gasteiger partial charge < -0.3 is 5.32 Å². The zero-order chi connectivity index (χ0) is 10.6. The molecule has 0 fully saturated rings. The molecule has 0 spiro atoms. The molecule has 0 aliphatic heterocycles. The SMILES string of the molecule is C=C(C)CC(NC)c1ccncc1Cl. The molecule has 0 saturated carbocycles. The van der Waals surface area contributed by atoms with E-state index in [-0.39, 0.29) is 6.04 Å². The van der Waals surface area contributed by atoms with Gasteiger partial charge in [0.05, 0.1) is 5.02 Å². The van der Waals surface area contributed by atoms with E-state index in [9.17, 15) is 0 Å². The van der Waals surface area contributed by atoms with Gasteiger partial charge in [0, 0.05) is 18.4 Å². The molecular weight excluding hydrogens is 196 g/mol. The maximum atomic E-state index is 6.05. The fourth-order valence-corrected chi connectivity index (χ4v) is 1.64. The number of hydrogen-bond acceptors (Lipinski definition) is 2. The standard InChI is InChI=1S/C11H15ClN2/c1-8(2)6-11(13-3)9-4-5-14-7-10(9)12/h4-5,7,11,13H,1,6H2,2-3H3. The summed E-state index contributed by atoms with van der Waals surface area (Å²) in [4.78, 5) is 3.96. The molecule has 2 nitrogen and oxygen atoms in total. The number of rotatable bonds is 4. The quantitative estimate of drug-likeness (QED) is 0.773. The monoisotopic (exact) mass is 210 g/mol. The van der Waals surface area contributed by atoms with Crippen LogP contribution in [0, 0.1) is 0 Å². The van der Waals surface area contributed by atoms with Crippen LogP contribution in [0.1, 0.15) is 24.9 Å². The average molecular weight is 211 g/mol. The fraction of sp³-hybridized carbons (Fsp3) is 0.364. The van der Waals surface area contributed by atoms with Crippen molar-refractivity contribution in [3.63, 3.8) is 0 Å². The van der Waals surface area contributed by atoms with Gasteiger partial charge >= 0.3 is 0 Å². The summed E-state index contributed by atoms with van der Waals surface area (Å²) in [5, 5.41) is 3.92. The summed E-state index contributed by atoms with van der Waals surface area (Å²) in [6, 6.07) is 2.16. The van der Waals surface area contributed by atoms with Gasteiger partial charge in [-0.15, -0.1) is 6.58 Å². The van der Waals surface area contributed by atoms with Crippen LogP contribution in [-0.4, -0.2) is 12.0 Å². The van der Waals surface area contributed by atoms with Crippen LogP contribution in [0.15, 0.2) is 30.6 Å². The lowest BCUT2D eigenvalue weighted by atomic mass is 10.0. The highest BCUT2D eigenvalue weighted by molar-refractivity contribution is 6.31. The summed E-state index contributed by atoms with van der Waals surface area (Å²) in [6.45, 7) is 5.91. The van der Waals surface area contributed by atoms with E-state index in [0.717, 1.165) is 17.6 Å². The van der Waals surface area contributed by atoms with Crippen molar-refractivity contribution >= 4 is 11.6 Å². The highest BCUT2D eigenvalue weighted by atomic mass is 35.5. The third-order valence-corrected chi connectivity index (χ3v) is 2.40. The molecule has 1 heterocycles. The van der Waals surface area contributed by atoms with Crippen LogP contribution < -0.4 is 5.32 Å². The van der Waals surface area contributed by atoms with Gasteiger partial charge in [-0.2, -0.15) is 0 Å². The number of halogens is 1. The van der Waals surface area contributed by atoms with Crippen LogP contribution >= 0.6 is 11.6 Å². The molecule has 0 aromatic carbocycles. The second-order valence-corrected chi connectivity index (χ2v) is 3.81. The second-order valence-electron chi connectivity index (χ2n) is 3.40. The van der Waals surface area contributed by atoms with Crippen molar-refractivity contribution in [2.75, 3.05) is 7.05 Å². The summed E-state index contributed by atoms with van der Waals surface area (Å²) >= 11 is 6.05. The maximum absolute atomic E-state index is 6.05. The Balaban J connectivity index is 2.89. The molecule has 0 aliphatic rings. The molecule has 1 atom stereocenters. The number of nitrogens with one attached hydrogen (secondary N) is 1. The first kappa shape index (κ1) is 11.2. The lowest BCUT2D eigenvalue weighted by molar-refractivity contribution is 0.589. The Bertz CT molecular complexity index is 323. The van der Waals surface area contributed by atoms with Crippen molar-refractivity contribution in [2.24, 2.45) is 0 Å². The minimum Gasteiger partial charge on any atom is -0.313 e. The van der Waals surface area contributed by atoms with Gasteiger partial charge in [-0.3, -0.25) is 4.98 Å². The summed E-state index contributed by atoms with van der Waals surface area (Å²) in [5.41, 5.74) is 2.21. The Hall–Kier alpha value is -0.860. The Morgan fingerprint density at radius 2 is 2.43 bits per heavy atom. The Kier molecular flexibility index (Phi) is 4.11. The van der Waals surface area contributed by atoms with Crippen molar-refractivity contribution in [1.82, 2.24) is 10.3 Å². The normalized spacial score (nSPS) is 12.5. The van der Waals surface area contributed by atoms with Gasteiger partial charge in [0.25, 0.3) is 0 Å². The molecule has 1 N–H and O–H groups in total. The predicted octanol–water partition coefficient (Wildman–Crippen LogP) is 2.96. The fourth-order valence-electron chi connectivity index (χ4n) is 1.38. The minimum absolute atomic E-state index is 0.225. The van der Waals surface area contributed by atoms with Gasteiger partial charge in [-0.25, -0.2) is 0 Å². The van der Waals surface area contributed by atoms with E-state index in [4.69, 9.17) is 11.6 Å². The van der Waals surface area contributed by atoms with Gasteiger partial charge in [0.1, 0.15) is 0 Å².